The van der Waals surface area contributed by atoms with Crippen molar-refractivity contribution >= 4 is 35.2 Å². The first-order valence-electron chi connectivity index (χ1n) is 17.7. The molecule has 4 heterocycles. The summed E-state index contributed by atoms with van der Waals surface area (Å²) in [5, 5.41) is 27.3. The molecular weight excluding hydrogens is 659 g/mol. The van der Waals surface area contributed by atoms with E-state index < -0.39 is 5.30 Å². The fraction of sp³-hybridized carbons (Fsp3) is 0.559. The van der Waals surface area contributed by atoms with Crippen LogP contribution < -0.4 is 14.8 Å². The van der Waals surface area contributed by atoms with Crippen LogP contribution in [-0.4, -0.2) is 124 Å². The maximum Gasteiger partial charge on any atom is 0.256 e. The summed E-state index contributed by atoms with van der Waals surface area (Å²) in [6.07, 6.45) is 11.8. The lowest BCUT2D eigenvalue weighted by Gasteiger charge is -2.42. The Bertz CT molecular complexity index is 1760. The number of morpholine rings is 1. The van der Waals surface area contributed by atoms with Crippen LogP contribution in [0.25, 0.3) is 11.1 Å². The largest absolute Gasteiger partial charge is 0.487 e. The Kier molecular flexibility index (Phi) is 12.1. The van der Waals surface area contributed by atoms with Crippen LogP contribution in [0.15, 0.2) is 43.1 Å². The van der Waals surface area contributed by atoms with Crippen LogP contribution in [0.3, 0.4) is 0 Å². The van der Waals surface area contributed by atoms with E-state index in [4.69, 9.17) is 47.6 Å². The molecule has 266 valence electrons. The van der Waals surface area contributed by atoms with Gasteiger partial charge in [-0.1, -0.05) is 6.07 Å². The SMILES string of the molecule is [B]C([B])([B])OCCCOc1nn(C2CCC(N3C[C@@H](C)O[C@@H](C)C3)CC2)cc1Nc1ncc(-c2ccc(C#N)c(O[C@@H](C)Cn3cnnn3)c2)cn1. The van der Waals surface area contributed by atoms with E-state index in [-0.39, 0.29) is 31.0 Å². The van der Waals surface area contributed by atoms with Gasteiger partial charge in [-0.05, 0) is 79.9 Å². The molecule has 4 aromatic rings. The zero-order chi connectivity index (χ0) is 36.7. The van der Waals surface area contributed by atoms with E-state index in [1.54, 1.807) is 29.2 Å². The number of aromatic nitrogens is 8. The van der Waals surface area contributed by atoms with Crippen molar-refractivity contribution in [1.29, 1.82) is 5.26 Å². The molecule has 1 N–H and O–H groups in total. The van der Waals surface area contributed by atoms with Gasteiger partial charge >= 0.3 is 0 Å². The minimum Gasteiger partial charge on any atom is -0.487 e. The van der Waals surface area contributed by atoms with Crippen LogP contribution in [0.4, 0.5) is 11.6 Å². The summed E-state index contributed by atoms with van der Waals surface area (Å²) in [4.78, 5) is 11.8. The number of hydrogen-bond donors (Lipinski definition) is 1. The number of nitrogens with zero attached hydrogens (tertiary/aromatic N) is 10. The fourth-order valence-electron chi connectivity index (χ4n) is 6.77. The maximum atomic E-state index is 9.68. The first-order chi connectivity index (χ1) is 25.0. The predicted molar refractivity (Wildman–Crippen MR) is 195 cm³/mol. The summed E-state index contributed by atoms with van der Waals surface area (Å²) in [6, 6.07) is 8.32. The van der Waals surface area contributed by atoms with Gasteiger partial charge in [0, 0.05) is 50.1 Å². The van der Waals surface area contributed by atoms with Crippen LogP contribution in [0.1, 0.15) is 64.5 Å². The lowest BCUT2D eigenvalue weighted by molar-refractivity contribution is -0.0852. The highest BCUT2D eigenvalue weighted by atomic mass is 16.5. The summed E-state index contributed by atoms with van der Waals surface area (Å²) in [7, 11) is 16.6. The van der Waals surface area contributed by atoms with Crippen molar-refractivity contribution in [2.24, 2.45) is 0 Å². The molecule has 2 fully saturated rings. The van der Waals surface area contributed by atoms with Crippen molar-refractivity contribution in [2.75, 3.05) is 31.6 Å². The first kappa shape index (κ1) is 37.3. The number of nitrogens with one attached hydrogen (secondary N) is 1. The van der Waals surface area contributed by atoms with Crippen molar-refractivity contribution in [2.45, 2.75) is 95.1 Å². The standard InChI is InChI=1S/C34H42B3N11O4/c1-22-17-46(18-23(2)51-22)28-7-9-29(10-8-28)48-20-30(32(43-48)49-11-4-12-50-34(35,36)37)42-33-39-15-27(16-40-33)25-5-6-26(14-38)31(13-25)52-24(3)19-47-21-41-44-45-47/h5-6,13,15-16,20-24,28-29H,4,7-12,17-19H2,1-3H3,(H,39,40,42)/t22-,23+,24-,28?,29?/m0/s1. The van der Waals surface area contributed by atoms with Gasteiger partial charge in [0.1, 0.15) is 29.9 Å². The molecule has 0 amide bonds. The number of hydrogen-bond acceptors (Lipinski definition) is 13. The summed E-state index contributed by atoms with van der Waals surface area (Å²) < 4.78 is 26.9. The Morgan fingerprint density at radius 3 is 2.44 bits per heavy atom. The average Bonchev–Trinajstić information content (AvgIpc) is 3.77. The molecule has 1 aliphatic carbocycles. The minimum absolute atomic E-state index is 0.223. The number of anilines is 2. The van der Waals surface area contributed by atoms with Gasteiger partial charge in [0.05, 0.1) is 66.7 Å². The summed E-state index contributed by atoms with van der Waals surface area (Å²) in [6.45, 7) is 9.08. The molecule has 1 aliphatic heterocycles. The number of tetrazole rings is 1. The highest BCUT2D eigenvalue weighted by Gasteiger charge is 2.32. The monoisotopic (exact) mass is 701 g/mol. The Morgan fingerprint density at radius 2 is 1.77 bits per heavy atom. The second-order valence-electron chi connectivity index (χ2n) is 13.6. The molecule has 6 radical (unpaired) electrons. The van der Waals surface area contributed by atoms with Crippen molar-refractivity contribution in [3.05, 3.63) is 48.7 Å². The van der Waals surface area contributed by atoms with Gasteiger partial charge in [0.15, 0.2) is 0 Å². The smallest absolute Gasteiger partial charge is 0.256 e. The van der Waals surface area contributed by atoms with Crippen molar-refractivity contribution in [1.82, 2.24) is 44.9 Å². The van der Waals surface area contributed by atoms with Crippen molar-refractivity contribution in [3.8, 4) is 28.8 Å². The number of ether oxygens (including phenoxy) is 4. The van der Waals surface area contributed by atoms with Crippen LogP contribution >= 0.6 is 0 Å². The molecular formula is C34H42B3N11O4. The first-order valence-corrected chi connectivity index (χ1v) is 17.7. The topological polar surface area (TPSA) is 163 Å². The molecule has 3 aromatic heterocycles. The second kappa shape index (κ2) is 16.9. The molecule has 0 bridgehead atoms. The molecule has 2 aliphatic rings. The third-order valence-electron chi connectivity index (χ3n) is 9.08. The summed E-state index contributed by atoms with van der Waals surface area (Å²) in [5.74, 6) is 1.24. The predicted octanol–water partition coefficient (Wildman–Crippen LogP) is 2.90. The van der Waals surface area contributed by atoms with Crippen LogP contribution in [0.2, 0.25) is 0 Å². The van der Waals surface area contributed by atoms with E-state index in [9.17, 15) is 5.26 Å². The molecule has 6 rings (SSSR count). The molecule has 52 heavy (non-hydrogen) atoms. The Labute approximate surface area is 308 Å². The van der Waals surface area contributed by atoms with E-state index >= 15 is 0 Å². The van der Waals surface area contributed by atoms with Gasteiger partial charge in [0.25, 0.3) is 5.88 Å². The quantitative estimate of drug-likeness (QED) is 0.142. The van der Waals surface area contributed by atoms with E-state index in [2.05, 4.69) is 55.6 Å². The average molecular weight is 701 g/mol. The molecule has 0 unspecified atom stereocenters. The third-order valence-corrected chi connectivity index (χ3v) is 9.08. The molecule has 18 heteroatoms. The van der Waals surface area contributed by atoms with Gasteiger partial charge in [-0.3, -0.25) is 9.58 Å². The normalized spacial score (nSPS) is 21.7. The maximum absolute atomic E-state index is 9.68. The van der Waals surface area contributed by atoms with Crippen LogP contribution in [0, 0.1) is 11.3 Å². The van der Waals surface area contributed by atoms with Crippen LogP contribution in [0.5, 0.6) is 11.6 Å². The molecule has 1 saturated carbocycles. The lowest BCUT2D eigenvalue weighted by Crippen LogP contribution is -2.51. The Hall–Kier alpha value is -4.46. The molecule has 3 atom stereocenters. The number of rotatable bonds is 15. The molecule has 0 spiro atoms. The fourth-order valence-corrected chi connectivity index (χ4v) is 6.77. The summed E-state index contributed by atoms with van der Waals surface area (Å²) in [5.41, 5.74) is 2.59. The van der Waals surface area contributed by atoms with Gasteiger partial charge in [-0.2, -0.15) is 5.26 Å². The minimum atomic E-state index is -1.70. The van der Waals surface area contributed by atoms with Gasteiger partial charge in [-0.25, -0.2) is 14.6 Å². The third kappa shape index (κ3) is 10.1. The Balaban J connectivity index is 1.13. The zero-order valence-electron chi connectivity index (χ0n) is 29.8. The number of benzene rings is 1. The van der Waals surface area contributed by atoms with E-state index in [0.717, 1.165) is 49.9 Å². The second-order valence-corrected chi connectivity index (χ2v) is 13.6. The van der Waals surface area contributed by atoms with Crippen LogP contribution in [-0.2, 0) is 16.0 Å². The van der Waals surface area contributed by atoms with Crippen molar-refractivity contribution in [3.63, 3.8) is 0 Å². The number of nitriles is 1. The Morgan fingerprint density at radius 1 is 1.04 bits per heavy atom. The molecule has 1 saturated heterocycles. The van der Waals surface area contributed by atoms with E-state index in [1.165, 1.54) is 6.33 Å². The van der Waals surface area contributed by atoms with Crippen molar-refractivity contribution < 1.29 is 18.9 Å². The lowest BCUT2D eigenvalue weighted by atomic mass is 9.52. The van der Waals surface area contributed by atoms with E-state index in [0.29, 0.717) is 54.4 Å². The van der Waals surface area contributed by atoms with E-state index in [1.807, 2.05) is 23.9 Å². The van der Waals surface area contributed by atoms with Gasteiger partial charge < -0.3 is 24.3 Å². The highest BCUT2D eigenvalue weighted by molar-refractivity contribution is 6.58. The zero-order valence-corrected chi connectivity index (χ0v) is 29.8. The molecule has 1 aromatic carbocycles. The molecule has 15 nitrogen and oxygen atoms in total. The summed E-state index contributed by atoms with van der Waals surface area (Å²) >= 11 is 0. The van der Waals surface area contributed by atoms with Gasteiger partial charge in [0.2, 0.25) is 5.95 Å². The highest BCUT2D eigenvalue weighted by Crippen LogP contribution is 2.35. The van der Waals surface area contributed by atoms with Gasteiger partial charge in [-0.15, -0.1) is 10.2 Å².